The Labute approximate surface area is 216 Å². The molecule has 2 aromatic carbocycles. The van der Waals surface area contributed by atoms with E-state index >= 15 is 0 Å². The summed E-state index contributed by atoms with van der Waals surface area (Å²) < 4.78 is 44.9. The minimum atomic E-state index is -4.55. The first-order chi connectivity index (χ1) is 17.4. The van der Waals surface area contributed by atoms with E-state index in [2.05, 4.69) is 0 Å². The number of aryl methyl sites for hydroxylation is 2. The molecule has 1 saturated heterocycles. The van der Waals surface area contributed by atoms with E-state index in [1.807, 2.05) is 26.8 Å². The molecular formula is C28H26F3NO4S. The van der Waals surface area contributed by atoms with Crippen LogP contribution in [0.3, 0.4) is 0 Å². The fourth-order valence-electron chi connectivity index (χ4n) is 4.55. The molecule has 1 aliphatic rings. The van der Waals surface area contributed by atoms with E-state index in [0.717, 1.165) is 28.2 Å². The summed E-state index contributed by atoms with van der Waals surface area (Å²) in [5.41, 5.74) is 1.77. The molecule has 1 fully saturated rings. The molecule has 3 aromatic rings. The van der Waals surface area contributed by atoms with E-state index in [1.54, 1.807) is 31.5 Å². The van der Waals surface area contributed by atoms with Crippen molar-refractivity contribution in [1.29, 1.82) is 0 Å². The van der Waals surface area contributed by atoms with Gasteiger partial charge in [-0.15, -0.1) is 11.3 Å². The number of thiophene rings is 1. The molecule has 1 unspecified atom stereocenters. The standard InChI is InChI=1S/C28H26F3NO4S/c1-14(2)19-13-20(16(4)12-21(19)36-5)24(33)22-23(26-15(3)10-11-37-26)32(27(35)25(22)34)18-8-6-17(7-9-18)28(29,30)31/h6-14,23,33H,1-5H3/b24-22+. The SMILES string of the molecule is COc1cc(C)c(/C(O)=C2\C(=O)C(=O)N(c3ccc(C(F)(F)F)cc3)C2c2sccc2C)cc1C(C)C. The number of carbonyl (C=O) groups excluding carboxylic acids is 2. The van der Waals surface area contributed by atoms with Crippen LogP contribution in [0.4, 0.5) is 18.9 Å². The van der Waals surface area contributed by atoms with Gasteiger partial charge in [0.1, 0.15) is 17.6 Å². The van der Waals surface area contributed by atoms with Crippen molar-refractivity contribution in [2.24, 2.45) is 0 Å². The third kappa shape index (κ3) is 4.64. The highest BCUT2D eigenvalue weighted by molar-refractivity contribution is 7.10. The molecular weight excluding hydrogens is 503 g/mol. The maximum Gasteiger partial charge on any atom is 0.416 e. The highest BCUT2D eigenvalue weighted by Gasteiger charge is 2.48. The third-order valence-corrected chi connectivity index (χ3v) is 7.59. The Balaban J connectivity index is 1.95. The molecule has 0 aliphatic carbocycles. The molecule has 1 atom stereocenters. The van der Waals surface area contributed by atoms with Crippen LogP contribution < -0.4 is 9.64 Å². The number of ether oxygens (including phenoxy) is 1. The number of methoxy groups -OCH3 is 1. The average Bonchev–Trinajstić information content (AvgIpc) is 3.37. The Bertz CT molecular complexity index is 1400. The van der Waals surface area contributed by atoms with Crippen LogP contribution >= 0.6 is 11.3 Å². The first-order valence-electron chi connectivity index (χ1n) is 11.6. The molecule has 0 spiro atoms. The second-order valence-corrected chi connectivity index (χ2v) is 10.2. The minimum absolute atomic E-state index is 0.0481. The summed E-state index contributed by atoms with van der Waals surface area (Å²) in [6.07, 6.45) is -4.55. The maximum atomic E-state index is 13.4. The normalized spacial score (nSPS) is 17.6. The largest absolute Gasteiger partial charge is 0.507 e. The van der Waals surface area contributed by atoms with Crippen molar-refractivity contribution in [1.82, 2.24) is 0 Å². The Morgan fingerprint density at radius 2 is 1.70 bits per heavy atom. The molecule has 0 bridgehead atoms. The van der Waals surface area contributed by atoms with Crippen molar-refractivity contribution < 1.29 is 32.6 Å². The van der Waals surface area contributed by atoms with E-state index in [9.17, 15) is 27.9 Å². The van der Waals surface area contributed by atoms with Gasteiger partial charge >= 0.3 is 6.18 Å². The van der Waals surface area contributed by atoms with E-state index in [0.29, 0.717) is 21.8 Å². The summed E-state index contributed by atoms with van der Waals surface area (Å²) >= 11 is 1.30. The van der Waals surface area contributed by atoms with Crippen LogP contribution in [0.5, 0.6) is 5.75 Å². The molecule has 0 radical (unpaired) electrons. The zero-order valence-corrected chi connectivity index (χ0v) is 21.8. The van der Waals surface area contributed by atoms with E-state index < -0.39 is 29.5 Å². The van der Waals surface area contributed by atoms with E-state index in [1.165, 1.54) is 23.5 Å². The fraction of sp³-hybridized carbons (Fsp3) is 0.286. The summed E-state index contributed by atoms with van der Waals surface area (Å²) in [6.45, 7) is 7.51. The highest BCUT2D eigenvalue weighted by atomic mass is 32.1. The summed E-state index contributed by atoms with van der Waals surface area (Å²) in [5, 5.41) is 13.3. The van der Waals surface area contributed by atoms with Crippen LogP contribution in [0.1, 0.15) is 58.5 Å². The summed E-state index contributed by atoms with van der Waals surface area (Å²) in [4.78, 5) is 28.5. The Hall–Kier alpha value is -3.59. The number of alkyl halides is 3. The molecule has 9 heteroatoms. The predicted octanol–water partition coefficient (Wildman–Crippen LogP) is 7.14. The zero-order valence-electron chi connectivity index (χ0n) is 20.9. The number of hydrogen-bond acceptors (Lipinski definition) is 5. The van der Waals surface area contributed by atoms with Gasteiger partial charge in [-0.2, -0.15) is 13.2 Å². The Kier molecular flexibility index (Phi) is 6.94. The fourth-order valence-corrected chi connectivity index (χ4v) is 5.57. The molecule has 0 saturated carbocycles. The third-order valence-electron chi connectivity index (χ3n) is 6.52. The molecule has 4 rings (SSSR count). The number of rotatable bonds is 5. The number of benzene rings is 2. The molecule has 1 aliphatic heterocycles. The molecule has 194 valence electrons. The summed E-state index contributed by atoms with van der Waals surface area (Å²) in [7, 11) is 1.55. The Morgan fingerprint density at radius 1 is 1.05 bits per heavy atom. The number of nitrogens with zero attached hydrogens (tertiary/aromatic N) is 1. The van der Waals surface area contributed by atoms with Gasteiger partial charge in [0.2, 0.25) is 0 Å². The van der Waals surface area contributed by atoms with Crippen molar-refractivity contribution in [2.45, 2.75) is 45.8 Å². The first-order valence-corrected chi connectivity index (χ1v) is 12.5. The molecule has 5 nitrogen and oxygen atoms in total. The van der Waals surface area contributed by atoms with Gasteiger partial charge in [-0.05, 0) is 84.3 Å². The van der Waals surface area contributed by atoms with E-state index in [4.69, 9.17) is 4.74 Å². The van der Waals surface area contributed by atoms with Gasteiger partial charge in [-0.3, -0.25) is 14.5 Å². The number of amides is 1. The van der Waals surface area contributed by atoms with Crippen LogP contribution in [0.2, 0.25) is 0 Å². The highest BCUT2D eigenvalue weighted by Crippen LogP contribution is 2.46. The first kappa shape index (κ1) is 26.5. The lowest BCUT2D eigenvalue weighted by Gasteiger charge is -2.25. The topological polar surface area (TPSA) is 66.8 Å². The zero-order chi connectivity index (χ0) is 27.2. The van der Waals surface area contributed by atoms with Gasteiger partial charge in [0.15, 0.2) is 0 Å². The van der Waals surface area contributed by atoms with Gasteiger partial charge in [0.05, 0.1) is 18.2 Å². The van der Waals surface area contributed by atoms with Crippen LogP contribution in [-0.2, 0) is 15.8 Å². The van der Waals surface area contributed by atoms with Gasteiger partial charge in [-0.25, -0.2) is 0 Å². The quantitative estimate of drug-likeness (QED) is 0.217. The smallest absolute Gasteiger partial charge is 0.416 e. The number of aliphatic hydroxyl groups excluding tert-OH is 1. The number of Topliss-reactive ketones (excluding diaryl/α,β-unsaturated/α-hetero) is 1. The van der Waals surface area contributed by atoms with Crippen LogP contribution in [0.25, 0.3) is 5.76 Å². The predicted molar refractivity (Wildman–Crippen MR) is 137 cm³/mol. The second kappa shape index (κ2) is 9.70. The van der Waals surface area contributed by atoms with Crippen LogP contribution in [0, 0.1) is 13.8 Å². The lowest BCUT2D eigenvalue weighted by Crippen LogP contribution is -2.29. The van der Waals surface area contributed by atoms with Crippen LogP contribution in [0.15, 0.2) is 53.4 Å². The van der Waals surface area contributed by atoms with Gasteiger partial charge in [-0.1, -0.05) is 13.8 Å². The van der Waals surface area contributed by atoms with Gasteiger partial charge < -0.3 is 9.84 Å². The number of aliphatic hydroxyl groups is 1. The average molecular weight is 530 g/mol. The molecule has 37 heavy (non-hydrogen) atoms. The van der Waals surface area contributed by atoms with Crippen molar-refractivity contribution in [3.8, 4) is 5.75 Å². The lowest BCUT2D eigenvalue weighted by atomic mass is 9.92. The van der Waals surface area contributed by atoms with E-state index in [-0.39, 0.29) is 22.9 Å². The summed E-state index contributed by atoms with van der Waals surface area (Å²) in [6, 6.07) is 8.41. The number of hydrogen-bond donors (Lipinski definition) is 1. The summed E-state index contributed by atoms with van der Waals surface area (Å²) in [5.74, 6) is -1.48. The monoisotopic (exact) mass is 529 g/mol. The van der Waals surface area contributed by atoms with Crippen molar-refractivity contribution in [3.05, 3.63) is 86.1 Å². The van der Waals surface area contributed by atoms with Gasteiger partial charge in [0, 0.05) is 16.1 Å². The Morgan fingerprint density at radius 3 is 2.22 bits per heavy atom. The van der Waals surface area contributed by atoms with Gasteiger partial charge in [0.25, 0.3) is 11.7 Å². The number of halogens is 3. The lowest BCUT2D eigenvalue weighted by molar-refractivity contribution is -0.137. The van der Waals surface area contributed by atoms with Crippen molar-refractivity contribution >= 4 is 34.5 Å². The van der Waals surface area contributed by atoms with Crippen molar-refractivity contribution in [2.75, 3.05) is 12.0 Å². The minimum Gasteiger partial charge on any atom is -0.507 e. The van der Waals surface area contributed by atoms with Crippen LogP contribution in [-0.4, -0.2) is 23.9 Å². The number of anilines is 1. The molecule has 1 aromatic heterocycles. The molecule has 2 heterocycles. The second-order valence-electron chi connectivity index (χ2n) is 9.25. The molecule has 1 amide bonds. The number of ketones is 1. The van der Waals surface area contributed by atoms with Crippen molar-refractivity contribution in [3.63, 3.8) is 0 Å². The number of carbonyl (C=O) groups is 2. The maximum absolute atomic E-state index is 13.4. The molecule has 1 N–H and O–H groups in total.